The number of benzene rings is 1. The van der Waals surface area contributed by atoms with E-state index in [0.29, 0.717) is 12.0 Å². The molecule has 1 aromatic carbocycles. The highest BCUT2D eigenvalue weighted by atomic mass is 35.5. The molecule has 0 aliphatic carbocycles. The molecular formula is C13H20ClNO. The maximum absolute atomic E-state index is 8.97. The Morgan fingerprint density at radius 1 is 1.31 bits per heavy atom. The lowest BCUT2D eigenvalue weighted by Crippen LogP contribution is -2.34. The lowest BCUT2D eigenvalue weighted by atomic mass is 10.0. The third-order valence-corrected chi connectivity index (χ3v) is 3.13. The molecule has 90 valence electrons. The number of hydrogen-bond acceptors (Lipinski definition) is 2. The number of hydrogen-bond donors (Lipinski definition) is 2. The minimum atomic E-state index is 0.221. The molecule has 0 heterocycles. The molecule has 0 bridgehead atoms. The molecule has 1 atom stereocenters. The Labute approximate surface area is 103 Å². The van der Waals surface area contributed by atoms with Crippen molar-refractivity contribution in [1.82, 2.24) is 5.32 Å². The third-order valence-electron chi connectivity index (χ3n) is 2.76. The van der Waals surface area contributed by atoms with Gasteiger partial charge in [0.2, 0.25) is 0 Å². The molecule has 0 aliphatic rings. The standard InChI is InChI=1S/C13H20ClNO/c1-10(2)13(7-8-16)15-9-11-5-3-4-6-12(11)14/h3-6,10,13,15-16H,7-9H2,1-2H3. The zero-order valence-corrected chi connectivity index (χ0v) is 10.7. The summed E-state index contributed by atoms with van der Waals surface area (Å²) in [6, 6.07) is 8.17. The van der Waals surface area contributed by atoms with Crippen LogP contribution in [0.3, 0.4) is 0 Å². The topological polar surface area (TPSA) is 32.3 Å². The summed E-state index contributed by atoms with van der Waals surface area (Å²) in [6.45, 7) is 5.28. The Morgan fingerprint density at radius 3 is 2.56 bits per heavy atom. The van der Waals surface area contributed by atoms with Crippen molar-refractivity contribution in [3.63, 3.8) is 0 Å². The van der Waals surface area contributed by atoms with Crippen molar-refractivity contribution < 1.29 is 5.11 Å². The minimum Gasteiger partial charge on any atom is -0.396 e. The van der Waals surface area contributed by atoms with E-state index in [0.717, 1.165) is 23.6 Å². The van der Waals surface area contributed by atoms with Crippen LogP contribution in [0.5, 0.6) is 0 Å². The maximum atomic E-state index is 8.97. The van der Waals surface area contributed by atoms with E-state index in [4.69, 9.17) is 16.7 Å². The zero-order valence-electron chi connectivity index (χ0n) is 9.91. The van der Waals surface area contributed by atoms with E-state index in [-0.39, 0.29) is 6.61 Å². The molecule has 0 amide bonds. The molecule has 0 spiro atoms. The predicted molar refractivity (Wildman–Crippen MR) is 68.6 cm³/mol. The molecular weight excluding hydrogens is 222 g/mol. The Bertz CT molecular complexity index is 315. The van der Waals surface area contributed by atoms with Crippen LogP contribution >= 0.6 is 11.6 Å². The summed E-state index contributed by atoms with van der Waals surface area (Å²) in [5.74, 6) is 0.509. The lowest BCUT2D eigenvalue weighted by molar-refractivity contribution is 0.244. The normalized spacial score (nSPS) is 13.1. The number of nitrogens with one attached hydrogen (secondary N) is 1. The van der Waals surface area contributed by atoms with Crippen molar-refractivity contribution in [3.05, 3.63) is 34.9 Å². The maximum Gasteiger partial charge on any atom is 0.0450 e. The van der Waals surface area contributed by atoms with Gasteiger partial charge in [0.05, 0.1) is 0 Å². The number of aliphatic hydroxyl groups is 1. The fourth-order valence-corrected chi connectivity index (χ4v) is 1.90. The van der Waals surface area contributed by atoms with Gasteiger partial charge in [-0.3, -0.25) is 0 Å². The van der Waals surface area contributed by atoms with Crippen LogP contribution in [-0.4, -0.2) is 17.8 Å². The van der Waals surface area contributed by atoms with Crippen LogP contribution in [0.15, 0.2) is 24.3 Å². The van der Waals surface area contributed by atoms with Gasteiger partial charge in [0.1, 0.15) is 0 Å². The third kappa shape index (κ3) is 4.12. The van der Waals surface area contributed by atoms with E-state index in [1.165, 1.54) is 0 Å². The summed E-state index contributed by atoms with van der Waals surface area (Å²) in [6.07, 6.45) is 0.780. The summed E-state index contributed by atoms with van der Waals surface area (Å²) in [4.78, 5) is 0. The van der Waals surface area contributed by atoms with Gasteiger partial charge >= 0.3 is 0 Å². The molecule has 0 saturated heterocycles. The lowest BCUT2D eigenvalue weighted by Gasteiger charge is -2.21. The van der Waals surface area contributed by atoms with Gasteiger partial charge in [0.15, 0.2) is 0 Å². The molecule has 2 nitrogen and oxygen atoms in total. The predicted octanol–water partition coefficient (Wildman–Crippen LogP) is 2.84. The smallest absolute Gasteiger partial charge is 0.0450 e. The van der Waals surface area contributed by atoms with Gasteiger partial charge in [-0.2, -0.15) is 0 Å². The summed E-state index contributed by atoms with van der Waals surface area (Å²) in [5, 5.41) is 13.2. The molecule has 1 rings (SSSR count). The highest BCUT2D eigenvalue weighted by Gasteiger charge is 2.12. The number of halogens is 1. The molecule has 1 aromatic rings. The highest BCUT2D eigenvalue weighted by Crippen LogP contribution is 2.15. The Hall–Kier alpha value is -0.570. The first-order valence-electron chi connectivity index (χ1n) is 5.72. The fraction of sp³-hybridized carbons (Fsp3) is 0.538. The molecule has 0 fully saturated rings. The molecule has 0 radical (unpaired) electrons. The van der Waals surface area contributed by atoms with E-state index in [9.17, 15) is 0 Å². The summed E-state index contributed by atoms with van der Waals surface area (Å²) in [7, 11) is 0. The van der Waals surface area contributed by atoms with Gasteiger partial charge in [-0.15, -0.1) is 0 Å². The first-order chi connectivity index (χ1) is 7.65. The molecule has 16 heavy (non-hydrogen) atoms. The van der Waals surface area contributed by atoms with Crippen molar-refractivity contribution in [3.8, 4) is 0 Å². The van der Waals surface area contributed by atoms with Crippen molar-refractivity contribution >= 4 is 11.6 Å². The molecule has 0 aromatic heterocycles. The molecule has 2 N–H and O–H groups in total. The van der Waals surface area contributed by atoms with E-state index in [1.807, 2.05) is 24.3 Å². The second-order valence-electron chi connectivity index (χ2n) is 4.34. The van der Waals surface area contributed by atoms with Gasteiger partial charge in [-0.25, -0.2) is 0 Å². The largest absolute Gasteiger partial charge is 0.396 e. The Kier molecular flexibility index (Phi) is 5.81. The van der Waals surface area contributed by atoms with E-state index >= 15 is 0 Å². The van der Waals surface area contributed by atoms with Crippen LogP contribution in [0.2, 0.25) is 5.02 Å². The Morgan fingerprint density at radius 2 is 2.00 bits per heavy atom. The minimum absolute atomic E-state index is 0.221. The summed E-state index contributed by atoms with van der Waals surface area (Å²) < 4.78 is 0. The average Bonchev–Trinajstić information content (AvgIpc) is 2.26. The van der Waals surface area contributed by atoms with Crippen molar-refractivity contribution in [2.75, 3.05) is 6.61 Å². The van der Waals surface area contributed by atoms with Crippen LogP contribution in [0.1, 0.15) is 25.8 Å². The van der Waals surface area contributed by atoms with Gasteiger partial charge in [-0.1, -0.05) is 43.6 Å². The van der Waals surface area contributed by atoms with E-state index in [1.54, 1.807) is 0 Å². The second kappa shape index (κ2) is 6.89. The first kappa shape index (κ1) is 13.5. The summed E-state index contributed by atoms with van der Waals surface area (Å²) in [5.41, 5.74) is 1.10. The van der Waals surface area contributed by atoms with Crippen molar-refractivity contribution in [2.45, 2.75) is 32.9 Å². The quantitative estimate of drug-likeness (QED) is 0.803. The Balaban J connectivity index is 2.52. The monoisotopic (exact) mass is 241 g/mol. The van der Waals surface area contributed by atoms with Gasteiger partial charge in [-0.05, 0) is 24.0 Å². The molecule has 0 saturated carbocycles. The number of aliphatic hydroxyl groups excluding tert-OH is 1. The molecule has 3 heteroatoms. The SMILES string of the molecule is CC(C)C(CCO)NCc1ccccc1Cl. The number of rotatable bonds is 6. The van der Waals surface area contributed by atoms with Crippen molar-refractivity contribution in [1.29, 1.82) is 0 Å². The zero-order chi connectivity index (χ0) is 12.0. The van der Waals surface area contributed by atoms with Crippen LogP contribution in [0, 0.1) is 5.92 Å². The first-order valence-corrected chi connectivity index (χ1v) is 6.10. The van der Waals surface area contributed by atoms with E-state index in [2.05, 4.69) is 19.2 Å². The van der Waals surface area contributed by atoms with Crippen molar-refractivity contribution in [2.24, 2.45) is 5.92 Å². The molecule has 0 aliphatic heterocycles. The van der Waals surface area contributed by atoms with Crippen LogP contribution in [0.25, 0.3) is 0 Å². The molecule has 1 unspecified atom stereocenters. The van der Waals surface area contributed by atoms with Crippen LogP contribution in [0.4, 0.5) is 0 Å². The second-order valence-corrected chi connectivity index (χ2v) is 4.74. The summed E-state index contributed by atoms with van der Waals surface area (Å²) >= 11 is 6.07. The van der Waals surface area contributed by atoms with Crippen LogP contribution in [-0.2, 0) is 6.54 Å². The van der Waals surface area contributed by atoms with Gasteiger partial charge in [0, 0.05) is 24.2 Å². The average molecular weight is 242 g/mol. The van der Waals surface area contributed by atoms with Gasteiger partial charge in [0.25, 0.3) is 0 Å². The van der Waals surface area contributed by atoms with E-state index < -0.39 is 0 Å². The fourth-order valence-electron chi connectivity index (χ4n) is 1.69. The van der Waals surface area contributed by atoms with Gasteiger partial charge < -0.3 is 10.4 Å². The van der Waals surface area contributed by atoms with Crippen LogP contribution < -0.4 is 5.32 Å². The highest BCUT2D eigenvalue weighted by molar-refractivity contribution is 6.31.